The van der Waals surface area contributed by atoms with E-state index in [0.29, 0.717) is 5.56 Å². The van der Waals surface area contributed by atoms with Crippen molar-refractivity contribution in [3.8, 4) is 5.69 Å². The lowest BCUT2D eigenvalue weighted by atomic mass is 9.90. The highest BCUT2D eigenvalue weighted by molar-refractivity contribution is 7.89. The van der Waals surface area contributed by atoms with Gasteiger partial charge in [-0.3, -0.25) is 0 Å². The zero-order chi connectivity index (χ0) is 18.9. The van der Waals surface area contributed by atoms with Gasteiger partial charge in [0.15, 0.2) is 0 Å². The standard InChI is InChI=1S/C17H20F3N3O2S/c18-17(19,20)14-10-13(12-6-3-1-2-4-7-12)11-15(26(21,24)25)16(14)23-9-5-8-22-23/h5,8-12H,1-4,6-7H2,(H2,21,24,25). The van der Waals surface area contributed by atoms with Gasteiger partial charge in [-0.25, -0.2) is 18.2 Å². The quantitative estimate of drug-likeness (QED) is 0.810. The van der Waals surface area contributed by atoms with E-state index in [4.69, 9.17) is 5.14 Å². The Morgan fingerprint density at radius 2 is 1.77 bits per heavy atom. The molecule has 5 nitrogen and oxygen atoms in total. The van der Waals surface area contributed by atoms with Crippen molar-refractivity contribution in [1.29, 1.82) is 0 Å². The average molecular weight is 387 g/mol. The van der Waals surface area contributed by atoms with Crippen LogP contribution in [0.25, 0.3) is 5.69 Å². The van der Waals surface area contributed by atoms with E-state index in [1.165, 1.54) is 24.5 Å². The lowest BCUT2D eigenvalue weighted by Gasteiger charge is -2.21. The molecule has 1 aliphatic carbocycles. The Morgan fingerprint density at radius 1 is 1.12 bits per heavy atom. The van der Waals surface area contributed by atoms with Gasteiger partial charge >= 0.3 is 6.18 Å². The van der Waals surface area contributed by atoms with E-state index in [9.17, 15) is 21.6 Å². The highest BCUT2D eigenvalue weighted by atomic mass is 32.2. The second kappa shape index (κ2) is 7.03. The first-order valence-electron chi connectivity index (χ1n) is 8.46. The maximum atomic E-state index is 13.8. The van der Waals surface area contributed by atoms with Crippen molar-refractivity contribution in [2.24, 2.45) is 5.14 Å². The Kier molecular flexibility index (Phi) is 5.12. The first kappa shape index (κ1) is 18.9. The normalized spacial score (nSPS) is 17.2. The van der Waals surface area contributed by atoms with E-state index in [-0.39, 0.29) is 5.92 Å². The number of nitrogens with two attached hydrogens (primary N) is 1. The van der Waals surface area contributed by atoms with Crippen molar-refractivity contribution < 1.29 is 21.6 Å². The van der Waals surface area contributed by atoms with E-state index in [0.717, 1.165) is 49.3 Å². The Bertz CT molecular complexity index is 869. The maximum Gasteiger partial charge on any atom is 0.418 e. The molecule has 0 unspecified atom stereocenters. The van der Waals surface area contributed by atoms with E-state index in [1.54, 1.807) is 0 Å². The minimum Gasteiger partial charge on any atom is -0.239 e. The summed E-state index contributed by atoms with van der Waals surface area (Å²) in [7, 11) is -4.37. The van der Waals surface area contributed by atoms with Crippen molar-refractivity contribution in [3.63, 3.8) is 0 Å². The largest absolute Gasteiger partial charge is 0.418 e. The Hall–Kier alpha value is -1.87. The third-order valence-electron chi connectivity index (χ3n) is 4.77. The SMILES string of the molecule is NS(=O)(=O)c1cc(C2CCCCCC2)cc(C(F)(F)F)c1-n1cccn1. The molecule has 1 saturated carbocycles. The molecule has 0 atom stereocenters. The van der Waals surface area contributed by atoms with Crippen molar-refractivity contribution in [3.05, 3.63) is 41.7 Å². The summed E-state index contributed by atoms with van der Waals surface area (Å²) >= 11 is 0. The summed E-state index contributed by atoms with van der Waals surface area (Å²) in [6.07, 6.45) is 3.20. The molecule has 3 rings (SSSR count). The van der Waals surface area contributed by atoms with Crippen molar-refractivity contribution in [2.75, 3.05) is 0 Å². The van der Waals surface area contributed by atoms with E-state index in [1.807, 2.05) is 0 Å². The number of alkyl halides is 3. The van der Waals surface area contributed by atoms with Crippen LogP contribution in [0.3, 0.4) is 0 Å². The topological polar surface area (TPSA) is 78.0 Å². The molecule has 1 heterocycles. The minimum atomic E-state index is -4.73. The van der Waals surface area contributed by atoms with Gasteiger partial charge in [0, 0.05) is 12.4 Å². The van der Waals surface area contributed by atoms with Crippen LogP contribution in [-0.4, -0.2) is 18.2 Å². The number of aromatic nitrogens is 2. The zero-order valence-electron chi connectivity index (χ0n) is 14.0. The summed E-state index contributed by atoms with van der Waals surface area (Å²) in [5, 5.41) is 9.06. The molecule has 142 valence electrons. The number of primary sulfonamides is 1. The number of hydrogen-bond donors (Lipinski definition) is 1. The lowest BCUT2D eigenvalue weighted by molar-refractivity contribution is -0.137. The Labute approximate surface area is 150 Å². The maximum absolute atomic E-state index is 13.8. The number of rotatable bonds is 3. The summed E-state index contributed by atoms with van der Waals surface area (Å²) in [4.78, 5) is -0.546. The predicted molar refractivity (Wildman–Crippen MR) is 90.4 cm³/mol. The first-order chi connectivity index (χ1) is 12.2. The molecule has 9 heteroatoms. The molecule has 1 fully saturated rings. The molecular formula is C17H20F3N3O2S. The van der Waals surface area contributed by atoms with Gasteiger partial charge in [0.25, 0.3) is 0 Å². The van der Waals surface area contributed by atoms with Crippen LogP contribution in [0.15, 0.2) is 35.5 Å². The van der Waals surface area contributed by atoms with Crippen molar-refractivity contribution >= 4 is 10.0 Å². The molecule has 2 N–H and O–H groups in total. The Balaban J connectivity index is 2.27. The molecular weight excluding hydrogens is 367 g/mol. The van der Waals surface area contributed by atoms with Crippen LogP contribution in [0, 0.1) is 0 Å². The third kappa shape index (κ3) is 3.93. The summed E-state index contributed by atoms with van der Waals surface area (Å²) in [5.41, 5.74) is -1.21. The second-order valence-electron chi connectivity index (χ2n) is 6.60. The molecule has 26 heavy (non-hydrogen) atoms. The summed E-state index contributed by atoms with van der Waals surface area (Å²) < 4.78 is 66.4. The zero-order valence-corrected chi connectivity index (χ0v) is 14.9. The Morgan fingerprint density at radius 3 is 2.27 bits per heavy atom. The number of benzene rings is 1. The monoisotopic (exact) mass is 387 g/mol. The molecule has 0 spiro atoms. The van der Waals surface area contributed by atoms with Crippen molar-refractivity contribution in [1.82, 2.24) is 9.78 Å². The fourth-order valence-electron chi connectivity index (χ4n) is 3.55. The molecule has 0 aliphatic heterocycles. The molecule has 1 aliphatic rings. The third-order valence-corrected chi connectivity index (χ3v) is 5.69. The summed E-state index contributed by atoms with van der Waals surface area (Å²) in [6.45, 7) is 0. The van der Waals surface area contributed by atoms with E-state index < -0.39 is 32.3 Å². The molecule has 1 aromatic carbocycles. The van der Waals surface area contributed by atoms with Crippen LogP contribution in [0.1, 0.15) is 55.6 Å². The van der Waals surface area contributed by atoms with Gasteiger partial charge in [-0.1, -0.05) is 25.7 Å². The number of hydrogen-bond acceptors (Lipinski definition) is 3. The van der Waals surface area contributed by atoms with Gasteiger partial charge in [-0.15, -0.1) is 0 Å². The highest BCUT2D eigenvalue weighted by Crippen LogP contribution is 2.41. The fourth-order valence-corrected chi connectivity index (χ4v) is 4.32. The van der Waals surface area contributed by atoms with Crippen LogP contribution < -0.4 is 5.14 Å². The van der Waals surface area contributed by atoms with Gasteiger partial charge in [0.05, 0.1) is 11.3 Å². The number of halogens is 3. The molecule has 0 bridgehead atoms. The summed E-state index contributed by atoms with van der Waals surface area (Å²) in [5.74, 6) is -0.106. The first-order valence-corrected chi connectivity index (χ1v) is 10.0. The molecule has 0 amide bonds. The van der Waals surface area contributed by atoms with E-state index in [2.05, 4.69) is 5.10 Å². The van der Waals surface area contributed by atoms with Crippen LogP contribution >= 0.6 is 0 Å². The minimum absolute atomic E-state index is 0.106. The van der Waals surface area contributed by atoms with Gasteiger partial charge < -0.3 is 0 Å². The van der Waals surface area contributed by atoms with Crippen LogP contribution in [0.2, 0.25) is 0 Å². The lowest BCUT2D eigenvalue weighted by Crippen LogP contribution is -2.21. The van der Waals surface area contributed by atoms with Crippen LogP contribution in [-0.2, 0) is 16.2 Å². The van der Waals surface area contributed by atoms with Gasteiger partial charge in [0.2, 0.25) is 10.0 Å². The van der Waals surface area contributed by atoms with Gasteiger partial charge in [0.1, 0.15) is 4.90 Å². The van der Waals surface area contributed by atoms with E-state index >= 15 is 0 Å². The average Bonchev–Trinajstić information content (AvgIpc) is 2.94. The van der Waals surface area contributed by atoms with Crippen LogP contribution in [0.5, 0.6) is 0 Å². The molecule has 0 radical (unpaired) electrons. The highest BCUT2D eigenvalue weighted by Gasteiger charge is 2.38. The van der Waals surface area contributed by atoms with Gasteiger partial charge in [-0.2, -0.15) is 18.3 Å². The number of nitrogens with zero attached hydrogens (tertiary/aromatic N) is 2. The second-order valence-corrected chi connectivity index (χ2v) is 8.13. The predicted octanol–water partition coefficient (Wildman–Crippen LogP) is 3.98. The molecule has 0 saturated heterocycles. The number of sulfonamides is 1. The fraction of sp³-hybridized carbons (Fsp3) is 0.471. The summed E-state index contributed by atoms with van der Waals surface area (Å²) in [6, 6.07) is 3.77. The van der Waals surface area contributed by atoms with Crippen molar-refractivity contribution in [2.45, 2.75) is 55.5 Å². The smallest absolute Gasteiger partial charge is 0.239 e. The molecule has 1 aromatic heterocycles. The van der Waals surface area contributed by atoms with Gasteiger partial charge in [-0.05, 0) is 42.5 Å². The molecule has 2 aromatic rings. The van der Waals surface area contributed by atoms with Crippen LogP contribution in [0.4, 0.5) is 13.2 Å².